The Balaban J connectivity index is 4.20. The van der Waals surface area contributed by atoms with Gasteiger partial charge in [-0.15, -0.1) is 0 Å². The number of rotatable bonds is 44. The number of amides is 4. The van der Waals surface area contributed by atoms with Gasteiger partial charge in [0.25, 0.3) is 0 Å². The van der Waals surface area contributed by atoms with E-state index in [9.17, 15) is 28.8 Å². The largest absolute Gasteiger partial charge is 0.464 e. The lowest BCUT2D eigenvalue weighted by Gasteiger charge is -2.17. The highest BCUT2D eigenvalue weighted by molar-refractivity contribution is 5.85. The second kappa shape index (κ2) is 43.5. The predicted octanol–water partition coefficient (Wildman–Crippen LogP) is 10.2. The Labute approximate surface area is 372 Å². The normalized spacial score (nSPS) is 12.0. The monoisotopic (exact) mass is 865 g/mol. The minimum absolute atomic E-state index is 0.0733. The maximum absolute atomic E-state index is 12.7. The molecule has 0 rings (SSSR count). The van der Waals surface area contributed by atoms with E-state index in [-0.39, 0.29) is 36.8 Å². The minimum Gasteiger partial charge on any atom is -0.464 e. The first-order chi connectivity index (χ1) is 29.7. The molecule has 0 bridgehead atoms. The maximum atomic E-state index is 12.7. The van der Waals surface area contributed by atoms with Crippen molar-refractivity contribution in [1.82, 2.24) is 21.3 Å². The van der Waals surface area contributed by atoms with Crippen LogP contribution in [0, 0.1) is 0 Å². The van der Waals surface area contributed by atoms with Crippen molar-refractivity contribution in [3.63, 3.8) is 0 Å². The molecular weight excluding hydrogens is 773 g/mol. The summed E-state index contributed by atoms with van der Waals surface area (Å²) in [5, 5.41) is 11.7. The minimum atomic E-state index is -0.706. The quantitative estimate of drug-likeness (QED) is 0.0347. The molecule has 0 aliphatic rings. The molecule has 0 saturated carbocycles. The summed E-state index contributed by atoms with van der Waals surface area (Å²) in [7, 11) is 0. The van der Waals surface area contributed by atoms with Crippen molar-refractivity contribution in [2.75, 3.05) is 26.3 Å². The van der Waals surface area contributed by atoms with Gasteiger partial charge in [0.05, 0.1) is 13.2 Å². The molecule has 2 atom stereocenters. The fraction of sp³-hybridized carbons (Fsp3) is 0.878. The van der Waals surface area contributed by atoms with Crippen LogP contribution >= 0.6 is 0 Å². The Hall–Kier alpha value is -3.18. The first-order valence-electron chi connectivity index (χ1n) is 25.1. The summed E-state index contributed by atoms with van der Waals surface area (Å²) in [6.45, 7) is 9.52. The third-order valence-electron chi connectivity index (χ3n) is 11.1. The summed E-state index contributed by atoms with van der Waals surface area (Å²) in [4.78, 5) is 74.9. The number of hydrogen-bond acceptors (Lipinski definition) is 8. The number of ether oxygens (including phenoxy) is 2. The highest BCUT2D eigenvalue weighted by Gasteiger charge is 2.23. The topological polar surface area (TPSA) is 169 Å². The van der Waals surface area contributed by atoms with Crippen LogP contribution in [0.4, 0.5) is 0 Å². The van der Waals surface area contributed by atoms with E-state index < -0.39 is 24.0 Å². The molecule has 0 aromatic heterocycles. The third kappa shape index (κ3) is 38.2. The lowest BCUT2D eigenvalue weighted by atomic mass is 10.1. The zero-order valence-electron chi connectivity index (χ0n) is 39.6. The lowest BCUT2D eigenvalue weighted by Crippen LogP contribution is -2.42. The Morgan fingerprint density at radius 3 is 0.918 bits per heavy atom. The Morgan fingerprint density at radius 1 is 0.344 bits per heavy atom. The molecule has 61 heavy (non-hydrogen) atoms. The Bertz CT molecular complexity index is 1040. The number of esters is 2. The third-order valence-corrected chi connectivity index (χ3v) is 11.1. The summed E-state index contributed by atoms with van der Waals surface area (Å²) in [5.41, 5.74) is 0. The molecule has 0 radical (unpaired) electrons. The van der Waals surface area contributed by atoms with E-state index in [1.165, 1.54) is 89.9 Å². The fourth-order valence-corrected chi connectivity index (χ4v) is 7.39. The molecule has 12 nitrogen and oxygen atoms in total. The van der Waals surface area contributed by atoms with E-state index in [4.69, 9.17) is 9.47 Å². The molecular formula is C49H92N4O8. The zero-order valence-corrected chi connectivity index (χ0v) is 39.6. The van der Waals surface area contributed by atoms with Gasteiger partial charge in [-0.05, 0) is 78.1 Å². The highest BCUT2D eigenvalue weighted by atomic mass is 16.5. The van der Waals surface area contributed by atoms with Crippen LogP contribution in [0.2, 0.25) is 0 Å². The second-order valence-electron chi connectivity index (χ2n) is 16.9. The van der Waals surface area contributed by atoms with Gasteiger partial charge in [-0.25, -0.2) is 9.59 Å². The maximum Gasteiger partial charge on any atom is 0.328 e. The number of hydrogen-bond donors (Lipinski definition) is 4. The van der Waals surface area contributed by atoms with Gasteiger partial charge in [-0.1, -0.05) is 136 Å². The van der Waals surface area contributed by atoms with Crippen LogP contribution in [-0.4, -0.2) is 74.0 Å². The van der Waals surface area contributed by atoms with Crippen molar-refractivity contribution in [2.45, 2.75) is 252 Å². The van der Waals surface area contributed by atoms with Gasteiger partial charge >= 0.3 is 11.9 Å². The summed E-state index contributed by atoms with van der Waals surface area (Å²) in [6, 6.07) is -1.41. The molecule has 0 aromatic carbocycles. The molecule has 4 N–H and O–H groups in total. The van der Waals surface area contributed by atoms with E-state index in [1.54, 1.807) is 13.8 Å². The average Bonchev–Trinajstić information content (AvgIpc) is 3.23. The summed E-state index contributed by atoms with van der Waals surface area (Å²) < 4.78 is 10.4. The predicted molar refractivity (Wildman–Crippen MR) is 247 cm³/mol. The van der Waals surface area contributed by atoms with Crippen molar-refractivity contribution >= 4 is 35.6 Å². The molecule has 0 unspecified atom stereocenters. The van der Waals surface area contributed by atoms with E-state index >= 15 is 0 Å². The molecule has 0 heterocycles. The molecule has 12 heteroatoms. The van der Waals surface area contributed by atoms with Crippen LogP contribution in [0.15, 0.2) is 0 Å². The summed E-state index contributed by atoms with van der Waals surface area (Å²) in [6.07, 6.45) is 31.2. The second-order valence-corrected chi connectivity index (χ2v) is 16.9. The van der Waals surface area contributed by atoms with E-state index in [0.29, 0.717) is 77.3 Å². The van der Waals surface area contributed by atoms with Gasteiger partial charge in [0.15, 0.2) is 0 Å². The number of nitrogens with one attached hydrogen (secondary N) is 4. The van der Waals surface area contributed by atoms with Crippen molar-refractivity contribution < 1.29 is 38.2 Å². The van der Waals surface area contributed by atoms with Crippen LogP contribution in [0.3, 0.4) is 0 Å². The Morgan fingerprint density at radius 2 is 0.623 bits per heavy atom. The first kappa shape index (κ1) is 57.8. The molecule has 4 amide bonds. The van der Waals surface area contributed by atoms with Crippen LogP contribution in [0.5, 0.6) is 0 Å². The van der Waals surface area contributed by atoms with E-state index in [0.717, 1.165) is 57.8 Å². The number of carbonyl (C=O) groups excluding carboxylic acids is 6. The van der Waals surface area contributed by atoms with Crippen molar-refractivity contribution in [3.05, 3.63) is 0 Å². The van der Waals surface area contributed by atoms with Crippen molar-refractivity contribution in [1.29, 1.82) is 0 Å². The van der Waals surface area contributed by atoms with Crippen molar-refractivity contribution in [3.8, 4) is 0 Å². The molecule has 0 aliphatic heterocycles. The Kier molecular flexibility index (Phi) is 41.2. The number of unbranched alkanes of at least 4 members (excludes halogenated alkanes) is 22. The smallest absolute Gasteiger partial charge is 0.328 e. The van der Waals surface area contributed by atoms with Crippen LogP contribution in [0.1, 0.15) is 240 Å². The first-order valence-corrected chi connectivity index (χ1v) is 25.1. The molecule has 0 fully saturated rings. The van der Waals surface area contributed by atoms with E-state index in [2.05, 4.69) is 35.1 Å². The molecule has 0 aromatic rings. The molecule has 0 saturated heterocycles. The van der Waals surface area contributed by atoms with Gasteiger partial charge in [-0.3, -0.25) is 19.2 Å². The molecule has 356 valence electrons. The summed E-state index contributed by atoms with van der Waals surface area (Å²) in [5.74, 6) is -1.09. The average molecular weight is 865 g/mol. The van der Waals surface area contributed by atoms with Crippen molar-refractivity contribution in [2.24, 2.45) is 0 Å². The summed E-state index contributed by atoms with van der Waals surface area (Å²) >= 11 is 0. The van der Waals surface area contributed by atoms with Crippen LogP contribution < -0.4 is 21.3 Å². The van der Waals surface area contributed by atoms with E-state index in [1.807, 2.05) is 0 Å². The zero-order chi connectivity index (χ0) is 45.0. The highest BCUT2D eigenvalue weighted by Crippen LogP contribution is 2.13. The van der Waals surface area contributed by atoms with Crippen LogP contribution in [0.25, 0.3) is 0 Å². The van der Waals surface area contributed by atoms with Gasteiger partial charge in [0.1, 0.15) is 12.1 Å². The standard InChI is InChI=1S/C49H92N4O8/c1-5-9-11-13-15-17-19-22-26-36-44(54)50-40-32-30-34-42(48(58)60-7-3)52-46(56)38-28-24-21-25-29-39-47(57)53-43(49(59)61-8-4)35-31-33-41-51-45(55)37-27-23-20-18-16-14-12-10-6-2/h42-43H,5-41H2,1-4H3,(H,50,54)(H,51,55)(H,52,56)(H,53,57)/t42-,43-/m0/s1. The van der Waals surface area contributed by atoms with Gasteiger partial charge in [-0.2, -0.15) is 0 Å². The molecule has 0 aliphatic carbocycles. The fourth-order valence-electron chi connectivity index (χ4n) is 7.39. The van der Waals surface area contributed by atoms with Gasteiger partial charge in [0.2, 0.25) is 23.6 Å². The molecule has 0 spiro atoms. The number of carbonyl (C=O) groups is 6. The van der Waals surface area contributed by atoms with Crippen LogP contribution in [-0.2, 0) is 38.2 Å². The SMILES string of the molecule is CCCCCCCCCCCC(=O)NCCCC[C@H](NC(=O)CCCCCCCC(=O)N[C@@H](CCCCNC(=O)CCCCCCCCCCC)C(=O)OCC)C(=O)OCC. The lowest BCUT2D eigenvalue weighted by molar-refractivity contribution is -0.148. The van der Waals surface area contributed by atoms with Gasteiger partial charge < -0.3 is 30.7 Å². The van der Waals surface area contributed by atoms with Gasteiger partial charge in [0, 0.05) is 38.8 Å².